The monoisotopic (exact) mass is 442 g/mol. The van der Waals surface area contributed by atoms with E-state index in [1.54, 1.807) is 0 Å². The van der Waals surface area contributed by atoms with E-state index in [1.165, 1.54) is 70.8 Å². The molecule has 0 unspecified atom stereocenters. The molecular formula is C34H23B. The molecule has 0 atom stereocenters. The van der Waals surface area contributed by atoms with Crippen molar-refractivity contribution in [1.29, 1.82) is 0 Å². The lowest BCUT2D eigenvalue weighted by Crippen LogP contribution is -2.03. The van der Waals surface area contributed by atoms with Crippen molar-refractivity contribution in [3.63, 3.8) is 0 Å². The molecule has 0 amide bonds. The van der Waals surface area contributed by atoms with Crippen LogP contribution in [0.3, 0.4) is 0 Å². The van der Waals surface area contributed by atoms with Crippen LogP contribution in [-0.4, -0.2) is 7.85 Å². The molecule has 7 aromatic rings. The molecule has 0 nitrogen and oxygen atoms in total. The Morgan fingerprint density at radius 1 is 0.371 bits per heavy atom. The summed E-state index contributed by atoms with van der Waals surface area (Å²) in [7, 11) is 2.20. The lowest BCUT2D eigenvalue weighted by atomic mass is 9.83. The molecule has 0 aliphatic carbocycles. The van der Waals surface area contributed by atoms with Gasteiger partial charge in [-0.2, -0.15) is 0 Å². The van der Waals surface area contributed by atoms with Crippen molar-refractivity contribution in [2.45, 2.75) is 0 Å². The molecule has 0 aliphatic rings. The Bertz CT molecular complexity index is 1860. The lowest BCUT2D eigenvalue weighted by Gasteiger charge is -2.19. The predicted molar refractivity (Wildman–Crippen MR) is 156 cm³/mol. The van der Waals surface area contributed by atoms with Crippen molar-refractivity contribution in [3.8, 4) is 22.3 Å². The highest BCUT2D eigenvalue weighted by Gasteiger charge is 2.18. The van der Waals surface area contributed by atoms with Gasteiger partial charge in [0.2, 0.25) is 0 Å². The van der Waals surface area contributed by atoms with Crippen LogP contribution in [0.5, 0.6) is 0 Å². The van der Waals surface area contributed by atoms with E-state index in [0.717, 1.165) is 0 Å². The highest BCUT2D eigenvalue weighted by Crippen LogP contribution is 2.45. The molecule has 0 saturated carbocycles. The average molecular weight is 442 g/mol. The second-order valence-corrected chi connectivity index (χ2v) is 9.38. The van der Waals surface area contributed by atoms with E-state index in [0.29, 0.717) is 0 Å². The van der Waals surface area contributed by atoms with Gasteiger partial charge >= 0.3 is 0 Å². The number of benzene rings is 7. The van der Waals surface area contributed by atoms with E-state index in [9.17, 15) is 0 Å². The zero-order valence-electron chi connectivity index (χ0n) is 19.6. The van der Waals surface area contributed by atoms with Crippen LogP contribution in [0.25, 0.3) is 65.3 Å². The van der Waals surface area contributed by atoms with E-state index in [2.05, 4.69) is 135 Å². The summed E-state index contributed by atoms with van der Waals surface area (Å²) in [5, 5.41) is 10.3. The van der Waals surface area contributed by atoms with Crippen molar-refractivity contribution in [3.05, 3.63) is 127 Å². The smallest absolute Gasteiger partial charge is 0.0813 e. The highest BCUT2D eigenvalue weighted by atomic mass is 14.2. The molecule has 7 rings (SSSR count). The highest BCUT2D eigenvalue weighted by molar-refractivity contribution is 6.39. The van der Waals surface area contributed by atoms with Gasteiger partial charge in [0, 0.05) is 0 Å². The Labute approximate surface area is 205 Å². The number of hydrogen-bond acceptors (Lipinski definition) is 0. The summed E-state index contributed by atoms with van der Waals surface area (Å²) in [6.07, 6.45) is 0. The summed E-state index contributed by atoms with van der Waals surface area (Å²) < 4.78 is 0. The van der Waals surface area contributed by atoms with E-state index in [1.807, 2.05) is 0 Å². The molecule has 0 aliphatic heterocycles. The van der Waals surface area contributed by atoms with Crippen LogP contribution in [0.1, 0.15) is 0 Å². The summed E-state index contributed by atoms with van der Waals surface area (Å²) in [6.45, 7) is 0. The van der Waals surface area contributed by atoms with E-state index in [4.69, 9.17) is 0 Å². The van der Waals surface area contributed by atoms with Crippen molar-refractivity contribution in [2.24, 2.45) is 0 Å². The van der Waals surface area contributed by atoms with Crippen LogP contribution in [0.4, 0.5) is 0 Å². The van der Waals surface area contributed by atoms with Crippen LogP contribution in [0, 0.1) is 0 Å². The largest absolute Gasteiger partial charge is 0.140 e. The quantitative estimate of drug-likeness (QED) is 0.189. The Balaban J connectivity index is 1.65. The molecular weight excluding hydrogens is 419 g/mol. The Morgan fingerprint density at radius 2 is 0.914 bits per heavy atom. The van der Waals surface area contributed by atoms with Gasteiger partial charge in [0.1, 0.15) is 7.85 Å². The maximum atomic E-state index is 2.34. The molecule has 0 N–H and O–H groups in total. The third-order valence-corrected chi connectivity index (χ3v) is 7.38. The molecule has 0 saturated heterocycles. The second kappa shape index (κ2) is 7.86. The third-order valence-electron chi connectivity index (χ3n) is 7.38. The van der Waals surface area contributed by atoms with Crippen LogP contribution in [0.15, 0.2) is 127 Å². The van der Waals surface area contributed by atoms with Gasteiger partial charge in [-0.3, -0.25) is 0 Å². The Morgan fingerprint density at radius 3 is 1.63 bits per heavy atom. The molecule has 35 heavy (non-hydrogen) atoms. The van der Waals surface area contributed by atoms with Crippen molar-refractivity contribution in [1.82, 2.24) is 0 Å². The summed E-state index contributed by atoms with van der Waals surface area (Å²) in [5.41, 5.74) is 6.49. The fourth-order valence-electron chi connectivity index (χ4n) is 5.76. The summed E-state index contributed by atoms with van der Waals surface area (Å²) >= 11 is 0. The molecule has 0 bridgehead atoms. The first-order valence-electron chi connectivity index (χ1n) is 12.2. The minimum Gasteiger partial charge on any atom is -0.0813 e. The van der Waals surface area contributed by atoms with E-state index in [-0.39, 0.29) is 0 Å². The fraction of sp³-hybridized carbons (Fsp3) is 0. The molecule has 0 aromatic heterocycles. The zero-order chi connectivity index (χ0) is 23.4. The fourth-order valence-corrected chi connectivity index (χ4v) is 5.76. The Hall–Kier alpha value is -4.36. The minimum absolute atomic E-state index is 1.26. The molecule has 0 spiro atoms. The SMILES string of the molecule is Bc1cccc2c(-c3c4ccccc4c(-c4ccc5ccccc5c4)c4ccccc34)cccc12. The molecule has 0 heterocycles. The molecule has 7 aromatic carbocycles. The van der Waals surface area contributed by atoms with Gasteiger partial charge in [-0.1, -0.05) is 127 Å². The number of fused-ring (bicyclic) bond motifs is 4. The number of rotatable bonds is 2. The second-order valence-electron chi connectivity index (χ2n) is 9.38. The van der Waals surface area contributed by atoms with Gasteiger partial charge in [-0.15, -0.1) is 0 Å². The first-order chi connectivity index (χ1) is 17.3. The molecule has 0 radical (unpaired) electrons. The first-order valence-corrected chi connectivity index (χ1v) is 12.2. The molecule has 1 heteroatoms. The van der Waals surface area contributed by atoms with Crippen LogP contribution < -0.4 is 5.46 Å². The van der Waals surface area contributed by atoms with Crippen molar-refractivity contribution < 1.29 is 0 Å². The van der Waals surface area contributed by atoms with Crippen molar-refractivity contribution in [2.75, 3.05) is 0 Å². The average Bonchev–Trinajstić information content (AvgIpc) is 2.91. The molecule has 0 fully saturated rings. The lowest BCUT2D eigenvalue weighted by molar-refractivity contribution is 1.68. The van der Waals surface area contributed by atoms with Crippen LogP contribution >= 0.6 is 0 Å². The van der Waals surface area contributed by atoms with Gasteiger partial charge in [0.05, 0.1) is 0 Å². The van der Waals surface area contributed by atoms with E-state index >= 15 is 0 Å². The van der Waals surface area contributed by atoms with Gasteiger partial charge < -0.3 is 0 Å². The van der Waals surface area contributed by atoms with Crippen LogP contribution in [-0.2, 0) is 0 Å². The van der Waals surface area contributed by atoms with Gasteiger partial charge in [-0.25, -0.2) is 0 Å². The topological polar surface area (TPSA) is 0 Å². The maximum absolute atomic E-state index is 2.34. The molecule has 162 valence electrons. The number of hydrogen-bond donors (Lipinski definition) is 0. The predicted octanol–water partition coefficient (Wildman–Crippen LogP) is 7.89. The summed E-state index contributed by atoms with van der Waals surface area (Å²) in [4.78, 5) is 0. The van der Waals surface area contributed by atoms with Crippen LogP contribution in [0.2, 0.25) is 0 Å². The van der Waals surface area contributed by atoms with Gasteiger partial charge in [0.25, 0.3) is 0 Å². The minimum atomic E-state index is 1.26. The van der Waals surface area contributed by atoms with Gasteiger partial charge in [-0.05, 0) is 71.4 Å². The standard InChI is InChI=1S/C34H23B/c35-32-18-8-15-25-26(32)16-7-17-27(25)34-30-13-5-3-11-28(30)33(29-12-4-6-14-31(29)34)24-20-19-22-9-1-2-10-23(22)21-24/h1-21H,35H2. The summed E-state index contributed by atoms with van der Waals surface area (Å²) in [5.74, 6) is 0. The zero-order valence-corrected chi connectivity index (χ0v) is 19.6. The van der Waals surface area contributed by atoms with E-state index < -0.39 is 0 Å². The normalized spacial score (nSPS) is 11.5. The Kier molecular flexibility index (Phi) is 4.50. The summed E-state index contributed by atoms with van der Waals surface area (Å²) in [6, 6.07) is 46.6. The van der Waals surface area contributed by atoms with Gasteiger partial charge in [0.15, 0.2) is 0 Å². The third kappa shape index (κ3) is 3.09. The van der Waals surface area contributed by atoms with Crippen molar-refractivity contribution >= 4 is 56.4 Å². The first kappa shape index (κ1) is 20.1. The maximum Gasteiger partial charge on any atom is 0.140 e.